The van der Waals surface area contributed by atoms with Gasteiger partial charge in [0.15, 0.2) is 0 Å². The minimum atomic E-state index is -0.0906. The number of aromatic nitrogens is 2. The molecule has 0 aromatic carbocycles. The predicted molar refractivity (Wildman–Crippen MR) is 66.6 cm³/mol. The Balaban J connectivity index is 2.20. The third-order valence-electron chi connectivity index (χ3n) is 3.28. The maximum atomic E-state index is 5.58. The fraction of sp³-hybridized carbons (Fsp3) is 0.636. The van der Waals surface area contributed by atoms with Gasteiger partial charge in [0.05, 0.1) is 11.6 Å². The fourth-order valence-electron chi connectivity index (χ4n) is 1.99. The molecule has 1 aromatic rings. The summed E-state index contributed by atoms with van der Waals surface area (Å²) in [6.45, 7) is 6.88. The van der Waals surface area contributed by atoms with Gasteiger partial charge >= 0.3 is 0 Å². The quantitative estimate of drug-likeness (QED) is 0.538. The van der Waals surface area contributed by atoms with Crippen molar-refractivity contribution in [2.24, 2.45) is 5.84 Å². The molecule has 0 amide bonds. The smallest absolute Gasteiger partial charge is 0.239 e. The monoisotopic (exact) mass is 237 g/mol. The Bertz CT molecular complexity index is 411. The van der Waals surface area contributed by atoms with Crippen molar-refractivity contribution in [2.45, 2.75) is 38.8 Å². The number of hydrogen-bond donors (Lipinski definition) is 3. The molecule has 0 spiro atoms. The molecule has 6 heteroatoms. The number of aryl methyl sites for hydroxylation is 1. The number of nitrogens with two attached hydrogens (primary N) is 1. The maximum Gasteiger partial charge on any atom is 0.239 e. The molecule has 6 nitrogen and oxygen atoms in total. The number of hydrogen-bond acceptors (Lipinski definition) is 6. The molecule has 2 atom stereocenters. The molecular formula is C11H19N5O. The Morgan fingerprint density at radius 2 is 2.29 bits per heavy atom. The fourth-order valence-corrected chi connectivity index (χ4v) is 1.99. The summed E-state index contributed by atoms with van der Waals surface area (Å²) < 4.78 is 5.58. The van der Waals surface area contributed by atoms with Crippen LogP contribution >= 0.6 is 0 Å². The van der Waals surface area contributed by atoms with Gasteiger partial charge in [-0.1, -0.05) is 0 Å². The van der Waals surface area contributed by atoms with Crippen molar-refractivity contribution in [1.82, 2.24) is 9.97 Å². The van der Waals surface area contributed by atoms with E-state index in [4.69, 9.17) is 10.6 Å². The van der Waals surface area contributed by atoms with Crippen LogP contribution in [0.1, 0.15) is 26.0 Å². The second-order valence-electron chi connectivity index (χ2n) is 4.67. The van der Waals surface area contributed by atoms with Gasteiger partial charge in [-0.05, 0) is 27.2 Å². The van der Waals surface area contributed by atoms with E-state index < -0.39 is 0 Å². The highest BCUT2D eigenvalue weighted by Crippen LogP contribution is 2.29. The molecule has 17 heavy (non-hydrogen) atoms. The number of nitrogens with one attached hydrogen (secondary N) is 2. The minimum absolute atomic E-state index is 0.0906. The highest BCUT2D eigenvalue weighted by Gasteiger charge is 2.37. The van der Waals surface area contributed by atoms with Crippen LogP contribution in [-0.2, 0) is 4.74 Å². The van der Waals surface area contributed by atoms with Crippen LogP contribution in [0.2, 0.25) is 0 Å². The van der Waals surface area contributed by atoms with Gasteiger partial charge in [-0.2, -0.15) is 4.98 Å². The molecule has 2 unspecified atom stereocenters. The summed E-state index contributed by atoms with van der Waals surface area (Å²) in [5.74, 6) is 6.52. The summed E-state index contributed by atoms with van der Waals surface area (Å²) in [5, 5.41) is 3.41. The molecule has 94 valence electrons. The zero-order valence-corrected chi connectivity index (χ0v) is 10.4. The van der Waals surface area contributed by atoms with E-state index in [9.17, 15) is 0 Å². The van der Waals surface area contributed by atoms with E-state index in [1.807, 2.05) is 13.0 Å². The zero-order chi connectivity index (χ0) is 12.5. The van der Waals surface area contributed by atoms with Crippen LogP contribution in [0.3, 0.4) is 0 Å². The molecule has 2 heterocycles. The topological polar surface area (TPSA) is 85.1 Å². The van der Waals surface area contributed by atoms with Crippen LogP contribution in [0.5, 0.6) is 0 Å². The standard InChI is InChI=1S/C11H19N5O/c1-7-6-9(14-10(13-7)16-12)15-11(3)4-5-17-8(11)2/h6,8H,4-5,12H2,1-3H3,(H2,13,14,15,16). The molecule has 0 saturated carbocycles. The Morgan fingerprint density at radius 3 is 2.88 bits per heavy atom. The average Bonchev–Trinajstić information content (AvgIpc) is 2.58. The number of hydrazine groups is 1. The number of nitrogens with zero attached hydrogens (tertiary/aromatic N) is 2. The summed E-state index contributed by atoms with van der Waals surface area (Å²) in [7, 11) is 0. The molecular weight excluding hydrogens is 218 g/mol. The number of rotatable bonds is 3. The molecule has 4 N–H and O–H groups in total. The molecule has 1 fully saturated rings. The molecule has 1 aliphatic heterocycles. The molecule has 1 aliphatic rings. The minimum Gasteiger partial charge on any atom is -0.376 e. The molecule has 0 bridgehead atoms. The van der Waals surface area contributed by atoms with E-state index >= 15 is 0 Å². The van der Waals surface area contributed by atoms with Crippen molar-refractivity contribution in [3.8, 4) is 0 Å². The highest BCUT2D eigenvalue weighted by molar-refractivity contribution is 5.44. The van der Waals surface area contributed by atoms with Crippen LogP contribution in [0.4, 0.5) is 11.8 Å². The first-order valence-electron chi connectivity index (χ1n) is 5.75. The largest absolute Gasteiger partial charge is 0.376 e. The van der Waals surface area contributed by atoms with Crippen molar-refractivity contribution in [3.63, 3.8) is 0 Å². The Kier molecular flexibility index (Phi) is 3.17. The Labute approximate surface area is 101 Å². The van der Waals surface area contributed by atoms with Crippen molar-refractivity contribution >= 4 is 11.8 Å². The average molecular weight is 237 g/mol. The summed E-state index contributed by atoms with van der Waals surface area (Å²) in [6.07, 6.45) is 1.12. The second-order valence-corrected chi connectivity index (χ2v) is 4.67. The van der Waals surface area contributed by atoms with Gasteiger partial charge in [0, 0.05) is 18.4 Å². The predicted octanol–water partition coefficient (Wildman–Crippen LogP) is 1.05. The van der Waals surface area contributed by atoms with E-state index in [0.717, 1.165) is 24.5 Å². The third kappa shape index (κ3) is 2.48. The molecule has 1 aromatic heterocycles. The Morgan fingerprint density at radius 1 is 1.53 bits per heavy atom. The van der Waals surface area contributed by atoms with Crippen molar-refractivity contribution in [2.75, 3.05) is 17.3 Å². The first-order chi connectivity index (χ1) is 8.03. The Hall–Kier alpha value is -1.40. The molecule has 0 radical (unpaired) electrons. The van der Waals surface area contributed by atoms with Crippen LogP contribution < -0.4 is 16.6 Å². The van der Waals surface area contributed by atoms with Gasteiger partial charge in [-0.3, -0.25) is 5.43 Å². The van der Waals surface area contributed by atoms with E-state index in [1.165, 1.54) is 0 Å². The van der Waals surface area contributed by atoms with Gasteiger partial charge in [0.25, 0.3) is 0 Å². The summed E-state index contributed by atoms with van der Waals surface area (Å²) >= 11 is 0. The number of ether oxygens (including phenoxy) is 1. The first-order valence-corrected chi connectivity index (χ1v) is 5.75. The summed E-state index contributed by atoms with van der Waals surface area (Å²) in [6, 6.07) is 1.90. The number of nitrogen functional groups attached to an aromatic ring is 1. The lowest BCUT2D eigenvalue weighted by atomic mass is 9.95. The zero-order valence-electron chi connectivity index (χ0n) is 10.4. The lowest BCUT2D eigenvalue weighted by Crippen LogP contribution is -2.41. The van der Waals surface area contributed by atoms with Crippen LogP contribution in [0.25, 0.3) is 0 Å². The van der Waals surface area contributed by atoms with Crippen LogP contribution in [-0.4, -0.2) is 28.2 Å². The van der Waals surface area contributed by atoms with Gasteiger partial charge in [-0.25, -0.2) is 10.8 Å². The van der Waals surface area contributed by atoms with Crippen LogP contribution in [0, 0.1) is 6.92 Å². The van der Waals surface area contributed by atoms with Gasteiger partial charge in [0.1, 0.15) is 5.82 Å². The van der Waals surface area contributed by atoms with E-state index in [1.54, 1.807) is 0 Å². The second kappa shape index (κ2) is 4.46. The highest BCUT2D eigenvalue weighted by atomic mass is 16.5. The van der Waals surface area contributed by atoms with E-state index in [2.05, 4.69) is 34.6 Å². The summed E-state index contributed by atoms with van der Waals surface area (Å²) in [4.78, 5) is 8.43. The maximum absolute atomic E-state index is 5.58. The molecule has 2 rings (SSSR count). The lowest BCUT2D eigenvalue weighted by molar-refractivity contribution is 0.105. The van der Waals surface area contributed by atoms with Crippen LogP contribution in [0.15, 0.2) is 6.07 Å². The lowest BCUT2D eigenvalue weighted by Gasteiger charge is -2.29. The third-order valence-corrected chi connectivity index (χ3v) is 3.28. The summed E-state index contributed by atoms with van der Waals surface area (Å²) in [5.41, 5.74) is 3.24. The van der Waals surface area contributed by atoms with Crippen molar-refractivity contribution in [1.29, 1.82) is 0 Å². The van der Waals surface area contributed by atoms with E-state index in [-0.39, 0.29) is 11.6 Å². The van der Waals surface area contributed by atoms with Crippen molar-refractivity contribution < 1.29 is 4.74 Å². The molecule has 1 saturated heterocycles. The van der Waals surface area contributed by atoms with Gasteiger partial charge in [0.2, 0.25) is 5.95 Å². The normalized spacial score (nSPS) is 28.1. The van der Waals surface area contributed by atoms with Gasteiger partial charge < -0.3 is 10.1 Å². The van der Waals surface area contributed by atoms with Crippen molar-refractivity contribution in [3.05, 3.63) is 11.8 Å². The number of anilines is 2. The first kappa shape index (κ1) is 12.1. The molecule has 0 aliphatic carbocycles. The van der Waals surface area contributed by atoms with E-state index in [0.29, 0.717) is 5.95 Å². The SMILES string of the molecule is Cc1cc(NC2(C)CCOC2C)nc(NN)n1. The van der Waals surface area contributed by atoms with Gasteiger partial charge in [-0.15, -0.1) is 0 Å².